The third-order valence-electron chi connectivity index (χ3n) is 4.29. The number of anilines is 1. The smallest absolute Gasteiger partial charge is 0.266 e. The van der Waals surface area contributed by atoms with E-state index in [-0.39, 0.29) is 4.90 Å². The number of fused-ring (bicyclic) bond motifs is 2. The fraction of sp³-hybridized carbons (Fsp3) is 0.0769. The van der Waals surface area contributed by atoms with Crippen LogP contribution < -0.4 is 4.31 Å². The number of hydrogen-bond acceptors (Lipinski definition) is 9. The predicted molar refractivity (Wildman–Crippen MR) is 148 cm³/mol. The molecule has 8 nitrogen and oxygen atoms in total. The van der Waals surface area contributed by atoms with E-state index in [0.717, 1.165) is 41.5 Å². The van der Waals surface area contributed by atoms with Gasteiger partial charge in [-0.3, -0.25) is 4.31 Å². The average Bonchev–Trinajstić information content (AvgIpc) is 3.57. The minimum Gasteiger partial charge on any atom is -0.266 e. The first-order valence-corrected chi connectivity index (χ1v) is 13.0. The molecule has 182 valence electrons. The molecule has 0 amide bonds. The Morgan fingerprint density at radius 1 is 0.919 bits per heavy atom. The molecular formula is C26H17N5O3S3. The van der Waals surface area contributed by atoms with Gasteiger partial charge in [-0.25, -0.2) is 22.0 Å². The van der Waals surface area contributed by atoms with E-state index in [1.165, 1.54) is 10.2 Å². The number of benzene rings is 2. The summed E-state index contributed by atoms with van der Waals surface area (Å²) in [4.78, 5) is 9.73. The summed E-state index contributed by atoms with van der Waals surface area (Å²) in [5.74, 6) is 1.37. The van der Waals surface area contributed by atoms with Crippen LogP contribution in [0.5, 0.6) is 0 Å². The SMILES string of the molecule is C=C=C=C=C=C=C=C=C=C=O.C=NSN=C.O=S(=O)(c1cccc2nsnc12)N1CCc2ccccc21. The first-order chi connectivity index (χ1) is 18.0. The lowest BCUT2D eigenvalue weighted by Crippen LogP contribution is -2.29. The molecule has 1 aliphatic heterocycles. The fourth-order valence-electron chi connectivity index (χ4n) is 2.93. The second kappa shape index (κ2) is 15.4. The van der Waals surface area contributed by atoms with Gasteiger partial charge in [0.2, 0.25) is 0 Å². The number of rotatable bonds is 4. The van der Waals surface area contributed by atoms with Gasteiger partial charge in [-0.05, 0) is 54.0 Å². The van der Waals surface area contributed by atoms with Crippen molar-refractivity contribution in [1.29, 1.82) is 0 Å². The van der Waals surface area contributed by atoms with E-state index < -0.39 is 10.0 Å². The Balaban J connectivity index is 0.000000255. The lowest BCUT2D eigenvalue weighted by Gasteiger charge is -2.19. The van der Waals surface area contributed by atoms with E-state index in [9.17, 15) is 13.2 Å². The van der Waals surface area contributed by atoms with Crippen LogP contribution in [0.3, 0.4) is 0 Å². The summed E-state index contributed by atoms with van der Waals surface area (Å²) in [5, 5.41) is 0. The molecule has 0 radical (unpaired) electrons. The Hall–Kier alpha value is -4.61. The summed E-state index contributed by atoms with van der Waals surface area (Å²) in [6, 6.07) is 12.7. The Kier molecular flexibility index (Phi) is 11.9. The summed E-state index contributed by atoms with van der Waals surface area (Å²) in [6.45, 7) is 9.97. The van der Waals surface area contributed by atoms with Gasteiger partial charge in [0.15, 0.2) is 5.94 Å². The summed E-state index contributed by atoms with van der Waals surface area (Å²) in [5.41, 5.74) is 21.3. The van der Waals surface area contributed by atoms with Crippen molar-refractivity contribution in [2.75, 3.05) is 10.8 Å². The highest BCUT2D eigenvalue weighted by atomic mass is 32.2. The lowest BCUT2D eigenvalue weighted by molar-refractivity contribution is 0.569. The molecule has 0 fully saturated rings. The second-order valence-corrected chi connectivity index (χ2v) is 9.38. The van der Waals surface area contributed by atoms with Crippen LogP contribution in [0, 0.1) is 0 Å². The van der Waals surface area contributed by atoms with Crippen LogP contribution in [0.25, 0.3) is 11.0 Å². The van der Waals surface area contributed by atoms with Gasteiger partial charge < -0.3 is 0 Å². The maximum Gasteiger partial charge on any atom is 0.266 e. The van der Waals surface area contributed by atoms with Crippen LogP contribution >= 0.6 is 23.9 Å². The van der Waals surface area contributed by atoms with Crippen molar-refractivity contribution in [2.45, 2.75) is 11.3 Å². The fourth-order valence-corrected chi connectivity index (χ4v) is 5.27. The molecule has 1 aromatic heterocycles. The van der Waals surface area contributed by atoms with Gasteiger partial charge in [-0.1, -0.05) is 30.0 Å². The van der Waals surface area contributed by atoms with Gasteiger partial charge in [0.25, 0.3) is 10.0 Å². The van der Waals surface area contributed by atoms with Gasteiger partial charge >= 0.3 is 0 Å². The number of sulfonamides is 1. The number of aromatic nitrogens is 2. The molecule has 1 aliphatic rings. The molecule has 0 atom stereocenters. The minimum atomic E-state index is -3.61. The molecule has 0 N–H and O–H groups in total. The number of hydrogen-bond donors (Lipinski definition) is 0. The quantitative estimate of drug-likeness (QED) is 0.206. The number of para-hydroxylation sites is 1. The average molecular weight is 544 g/mol. The largest absolute Gasteiger partial charge is 0.266 e. The highest BCUT2D eigenvalue weighted by Crippen LogP contribution is 2.34. The molecule has 0 unspecified atom stereocenters. The third kappa shape index (κ3) is 8.23. The zero-order valence-electron chi connectivity index (χ0n) is 19.3. The van der Waals surface area contributed by atoms with E-state index in [2.05, 4.69) is 77.7 Å². The van der Waals surface area contributed by atoms with E-state index in [1.807, 2.05) is 30.0 Å². The molecule has 0 saturated carbocycles. The molecule has 11 heteroatoms. The van der Waals surface area contributed by atoms with Gasteiger partial charge in [-0.2, -0.15) is 8.75 Å². The topological polar surface area (TPSA) is 105 Å². The first kappa shape index (κ1) is 28.6. The zero-order chi connectivity index (χ0) is 26.9. The van der Waals surface area contributed by atoms with Gasteiger partial charge in [0.05, 0.1) is 17.4 Å². The molecule has 2 aromatic carbocycles. The van der Waals surface area contributed by atoms with Crippen LogP contribution in [0.2, 0.25) is 0 Å². The molecule has 0 saturated heterocycles. The molecular weight excluding hydrogens is 527 g/mol. The van der Waals surface area contributed by atoms with Crippen molar-refractivity contribution in [3.8, 4) is 0 Å². The maximum absolute atomic E-state index is 13.0. The highest BCUT2D eigenvalue weighted by Gasteiger charge is 2.32. The van der Waals surface area contributed by atoms with Crippen molar-refractivity contribution in [2.24, 2.45) is 8.80 Å². The van der Waals surface area contributed by atoms with E-state index in [4.69, 9.17) is 0 Å². The standard InChI is InChI=1S/C14H11N3O2S2.C10H2O.C2H4N2S/c18-21(19,13-7-3-5-11-14(13)16-20-15-11)17-9-8-10-4-1-2-6-12(10)17;1-2-3-4-5-6-7-8-9-10-11;1-3-5-4-2/h1-7H,8-9H2;1H2;1-2H2. The first-order valence-electron chi connectivity index (χ1n) is 10.1. The predicted octanol–water partition coefficient (Wildman–Crippen LogP) is 4.64. The van der Waals surface area contributed by atoms with Crippen LogP contribution in [-0.4, -0.2) is 43.1 Å². The van der Waals surface area contributed by atoms with Gasteiger partial charge in [0.1, 0.15) is 28.1 Å². The summed E-state index contributed by atoms with van der Waals surface area (Å²) >= 11 is 2.02. The molecule has 0 bridgehead atoms. The van der Waals surface area contributed by atoms with Gasteiger partial charge in [0, 0.05) is 42.9 Å². The van der Waals surface area contributed by atoms with Crippen molar-refractivity contribution >= 4 is 70.0 Å². The molecule has 0 spiro atoms. The Labute approximate surface area is 222 Å². The number of carbonyl (C=O) groups excluding carboxylic acids is 1. The van der Waals surface area contributed by atoms with Crippen LogP contribution in [0.4, 0.5) is 5.69 Å². The van der Waals surface area contributed by atoms with E-state index in [1.54, 1.807) is 18.2 Å². The molecule has 37 heavy (non-hydrogen) atoms. The molecule has 4 rings (SSSR count). The minimum absolute atomic E-state index is 0.227. The van der Waals surface area contributed by atoms with Crippen molar-refractivity contribution < 1.29 is 13.2 Å². The Morgan fingerprint density at radius 3 is 2.24 bits per heavy atom. The molecule has 3 aromatic rings. The molecule has 2 heterocycles. The van der Waals surface area contributed by atoms with Gasteiger partial charge in [-0.15, -0.1) is 0 Å². The lowest BCUT2D eigenvalue weighted by atomic mass is 10.2. The third-order valence-corrected chi connectivity index (χ3v) is 6.91. The van der Waals surface area contributed by atoms with Crippen molar-refractivity contribution in [1.82, 2.24) is 8.75 Å². The summed E-state index contributed by atoms with van der Waals surface area (Å²) < 4.78 is 42.2. The Morgan fingerprint density at radius 2 is 1.59 bits per heavy atom. The van der Waals surface area contributed by atoms with E-state index >= 15 is 0 Å². The summed E-state index contributed by atoms with van der Waals surface area (Å²) in [6.07, 6.45) is 0.737. The summed E-state index contributed by atoms with van der Waals surface area (Å²) in [7, 11) is -3.61. The molecule has 0 aliphatic carbocycles. The van der Waals surface area contributed by atoms with Crippen molar-refractivity contribution in [3.63, 3.8) is 0 Å². The zero-order valence-corrected chi connectivity index (χ0v) is 21.7. The monoisotopic (exact) mass is 543 g/mol. The number of nitrogens with zero attached hydrogens (tertiary/aromatic N) is 5. The van der Waals surface area contributed by atoms with Crippen molar-refractivity contribution in [3.05, 3.63) is 100 Å². The maximum atomic E-state index is 13.0. The van der Waals surface area contributed by atoms with E-state index in [0.29, 0.717) is 17.6 Å². The normalized spacial score (nSPS) is 10.2. The highest BCUT2D eigenvalue weighted by molar-refractivity contribution is 7.96. The van der Waals surface area contributed by atoms with Crippen LogP contribution in [-0.2, 0) is 21.2 Å². The van der Waals surface area contributed by atoms with Crippen LogP contribution in [0.1, 0.15) is 5.56 Å². The second-order valence-electron chi connectivity index (χ2n) is 6.34. The van der Waals surface area contributed by atoms with Crippen LogP contribution in [0.15, 0.2) is 109 Å². The Bertz CT molecular complexity index is 1690.